The number of hydrogen-bond acceptors (Lipinski definition) is 5. The van der Waals surface area contributed by atoms with Gasteiger partial charge in [0.25, 0.3) is 0 Å². The number of fused-ring (bicyclic) bond motifs is 1. The van der Waals surface area contributed by atoms with Gasteiger partial charge in [-0.1, -0.05) is 35.5 Å². The zero-order valence-corrected chi connectivity index (χ0v) is 12.0. The second kappa shape index (κ2) is 6.22. The SMILES string of the molecule is Cc1ccccc1C(=O)ON=CCc1nc2ccccc2o1. The van der Waals surface area contributed by atoms with Gasteiger partial charge in [-0.2, -0.15) is 0 Å². The number of oxazole rings is 1. The zero-order chi connectivity index (χ0) is 15.4. The number of para-hydroxylation sites is 2. The van der Waals surface area contributed by atoms with E-state index in [0.29, 0.717) is 17.9 Å². The largest absolute Gasteiger partial charge is 0.440 e. The minimum absolute atomic E-state index is 0.357. The van der Waals surface area contributed by atoms with Crippen LogP contribution in [0.4, 0.5) is 0 Å². The number of aromatic nitrogens is 1. The molecule has 3 aromatic rings. The van der Waals surface area contributed by atoms with Crippen LogP contribution in [0.15, 0.2) is 58.1 Å². The highest BCUT2D eigenvalue weighted by atomic mass is 16.7. The summed E-state index contributed by atoms with van der Waals surface area (Å²) in [6, 6.07) is 14.7. The molecule has 110 valence electrons. The van der Waals surface area contributed by atoms with Gasteiger partial charge in [-0.05, 0) is 30.7 Å². The summed E-state index contributed by atoms with van der Waals surface area (Å²) in [7, 11) is 0. The maximum Gasteiger partial charge on any atom is 0.365 e. The highest BCUT2D eigenvalue weighted by molar-refractivity contribution is 5.91. The Morgan fingerprint density at radius 3 is 2.82 bits per heavy atom. The fourth-order valence-corrected chi connectivity index (χ4v) is 2.06. The van der Waals surface area contributed by atoms with Gasteiger partial charge < -0.3 is 9.25 Å². The number of benzene rings is 2. The van der Waals surface area contributed by atoms with Crippen LogP contribution in [-0.4, -0.2) is 17.2 Å². The van der Waals surface area contributed by atoms with Crippen molar-refractivity contribution in [3.05, 3.63) is 65.5 Å². The van der Waals surface area contributed by atoms with E-state index in [2.05, 4.69) is 10.1 Å². The van der Waals surface area contributed by atoms with Crippen molar-refractivity contribution in [3.63, 3.8) is 0 Å². The Bertz CT molecular complexity index is 804. The van der Waals surface area contributed by atoms with Crippen LogP contribution < -0.4 is 0 Å². The molecular weight excluding hydrogens is 280 g/mol. The average Bonchev–Trinajstić information content (AvgIpc) is 2.94. The highest BCUT2D eigenvalue weighted by Crippen LogP contribution is 2.14. The number of carbonyl (C=O) groups excluding carboxylic acids is 1. The van der Waals surface area contributed by atoms with Gasteiger partial charge in [-0.25, -0.2) is 9.78 Å². The first-order chi connectivity index (χ1) is 10.7. The van der Waals surface area contributed by atoms with E-state index in [1.165, 1.54) is 6.21 Å². The minimum atomic E-state index is -0.480. The van der Waals surface area contributed by atoms with Crippen LogP contribution in [0.5, 0.6) is 0 Å². The molecule has 5 nitrogen and oxygen atoms in total. The Balaban J connectivity index is 1.61. The van der Waals surface area contributed by atoms with Crippen molar-refractivity contribution >= 4 is 23.3 Å². The van der Waals surface area contributed by atoms with Gasteiger partial charge in [0, 0.05) is 0 Å². The maximum absolute atomic E-state index is 11.8. The fourth-order valence-electron chi connectivity index (χ4n) is 2.06. The van der Waals surface area contributed by atoms with Crippen molar-refractivity contribution in [1.82, 2.24) is 4.98 Å². The lowest BCUT2D eigenvalue weighted by molar-refractivity contribution is 0.0517. The summed E-state index contributed by atoms with van der Waals surface area (Å²) in [4.78, 5) is 21.0. The second-order valence-corrected chi connectivity index (χ2v) is 4.76. The fraction of sp³-hybridized carbons (Fsp3) is 0.118. The third kappa shape index (κ3) is 3.03. The van der Waals surface area contributed by atoms with Gasteiger partial charge in [-0.15, -0.1) is 0 Å². The molecule has 0 N–H and O–H groups in total. The molecule has 0 fully saturated rings. The van der Waals surface area contributed by atoms with Gasteiger partial charge in [0.1, 0.15) is 5.52 Å². The molecular formula is C17H14N2O3. The Morgan fingerprint density at radius 1 is 1.23 bits per heavy atom. The summed E-state index contributed by atoms with van der Waals surface area (Å²) in [6.45, 7) is 1.85. The minimum Gasteiger partial charge on any atom is -0.440 e. The predicted molar refractivity (Wildman–Crippen MR) is 82.8 cm³/mol. The zero-order valence-electron chi connectivity index (χ0n) is 12.0. The summed E-state index contributed by atoms with van der Waals surface area (Å²) in [5, 5.41) is 3.68. The van der Waals surface area contributed by atoms with E-state index in [4.69, 9.17) is 9.25 Å². The molecule has 0 amide bonds. The molecule has 0 saturated carbocycles. The van der Waals surface area contributed by atoms with Crippen LogP contribution in [0.25, 0.3) is 11.1 Å². The Hall–Kier alpha value is -2.95. The Kier molecular flexibility index (Phi) is 3.96. The van der Waals surface area contributed by atoms with Crippen molar-refractivity contribution in [3.8, 4) is 0 Å². The van der Waals surface area contributed by atoms with E-state index >= 15 is 0 Å². The summed E-state index contributed by atoms with van der Waals surface area (Å²) in [5.41, 5.74) is 2.87. The van der Waals surface area contributed by atoms with Crippen LogP contribution in [0.2, 0.25) is 0 Å². The van der Waals surface area contributed by atoms with Crippen LogP contribution in [0, 0.1) is 6.92 Å². The number of nitrogens with zero attached hydrogens (tertiary/aromatic N) is 2. The molecule has 0 spiro atoms. The van der Waals surface area contributed by atoms with Crippen molar-refractivity contribution in [2.75, 3.05) is 0 Å². The van der Waals surface area contributed by atoms with Crippen molar-refractivity contribution in [2.24, 2.45) is 5.16 Å². The van der Waals surface area contributed by atoms with E-state index in [-0.39, 0.29) is 0 Å². The van der Waals surface area contributed by atoms with E-state index in [1.54, 1.807) is 12.1 Å². The molecule has 2 aromatic carbocycles. The van der Waals surface area contributed by atoms with E-state index in [0.717, 1.165) is 16.7 Å². The van der Waals surface area contributed by atoms with Gasteiger partial charge in [0.15, 0.2) is 5.58 Å². The summed E-state index contributed by atoms with van der Waals surface area (Å²) in [6.07, 6.45) is 1.82. The molecule has 1 heterocycles. The summed E-state index contributed by atoms with van der Waals surface area (Å²) >= 11 is 0. The molecule has 0 atom stereocenters. The molecule has 0 aliphatic carbocycles. The monoisotopic (exact) mass is 294 g/mol. The Labute approximate surface area is 127 Å². The molecule has 0 unspecified atom stereocenters. The molecule has 3 rings (SSSR count). The third-order valence-corrected chi connectivity index (χ3v) is 3.18. The molecule has 0 saturated heterocycles. The van der Waals surface area contributed by atoms with Crippen LogP contribution in [0.3, 0.4) is 0 Å². The quantitative estimate of drug-likeness (QED) is 0.419. The molecule has 0 radical (unpaired) electrons. The molecule has 0 aliphatic heterocycles. The summed E-state index contributed by atoms with van der Waals surface area (Å²) in [5.74, 6) is 0.0452. The molecule has 0 bridgehead atoms. The molecule has 22 heavy (non-hydrogen) atoms. The lowest BCUT2D eigenvalue weighted by atomic mass is 10.1. The first-order valence-corrected chi connectivity index (χ1v) is 6.87. The summed E-state index contributed by atoms with van der Waals surface area (Å²) < 4.78 is 5.54. The second-order valence-electron chi connectivity index (χ2n) is 4.76. The van der Waals surface area contributed by atoms with Crippen molar-refractivity contribution in [1.29, 1.82) is 0 Å². The van der Waals surface area contributed by atoms with Gasteiger partial charge in [0.05, 0.1) is 18.2 Å². The maximum atomic E-state index is 11.8. The average molecular weight is 294 g/mol. The lowest BCUT2D eigenvalue weighted by Gasteiger charge is -2.00. The number of oxime groups is 1. The molecule has 5 heteroatoms. The number of hydrogen-bond donors (Lipinski definition) is 0. The van der Waals surface area contributed by atoms with Crippen LogP contribution in [-0.2, 0) is 11.3 Å². The normalized spacial score (nSPS) is 11.1. The first-order valence-electron chi connectivity index (χ1n) is 6.87. The van der Waals surface area contributed by atoms with E-state index in [9.17, 15) is 4.79 Å². The topological polar surface area (TPSA) is 64.7 Å². The van der Waals surface area contributed by atoms with Crippen LogP contribution in [0.1, 0.15) is 21.8 Å². The smallest absolute Gasteiger partial charge is 0.365 e. The lowest BCUT2D eigenvalue weighted by Crippen LogP contribution is -2.03. The van der Waals surface area contributed by atoms with Crippen LogP contribution >= 0.6 is 0 Å². The number of rotatable bonds is 4. The predicted octanol–water partition coefficient (Wildman–Crippen LogP) is 3.52. The number of carbonyl (C=O) groups is 1. The van der Waals surface area contributed by atoms with E-state index < -0.39 is 5.97 Å². The Morgan fingerprint density at radius 2 is 2.00 bits per heavy atom. The van der Waals surface area contributed by atoms with Crippen molar-refractivity contribution < 1.29 is 14.0 Å². The van der Waals surface area contributed by atoms with E-state index in [1.807, 2.05) is 43.3 Å². The third-order valence-electron chi connectivity index (χ3n) is 3.18. The molecule has 1 aromatic heterocycles. The van der Waals surface area contributed by atoms with Gasteiger partial charge in [-0.3, -0.25) is 0 Å². The highest BCUT2D eigenvalue weighted by Gasteiger charge is 2.09. The first kappa shape index (κ1) is 14.0. The number of aryl methyl sites for hydroxylation is 1. The van der Waals surface area contributed by atoms with Crippen molar-refractivity contribution in [2.45, 2.75) is 13.3 Å². The van der Waals surface area contributed by atoms with Gasteiger partial charge in [0.2, 0.25) is 5.89 Å². The standard InChI is InChI=1S/C17H14N2O3/c1-12-6-2-3-7-13(12)17(20)22-18-11-10-16-19-14-8-4-5-9-15(14)21-16/h2-9,11H,10H2,1H3. The van der Waals surface area contributed by atoms with Gasteiger partial charge >= 0.3 is 5.97 Å². The molecule has 0 aliphatic rings.